The number of nitrogens with two attached hydrogens (primary N) is 1. The zero-order valence-electron chi connectivity index (χ0n) is 9.97. The predicted molar refractivity (Wildman–Crippen MR) is 71.6 cm³/mol. The Hall–Kier alpha value is -1.24. The molecule has 19 heavy (non-hydrogen) atoms. The number of hydrogen-bond acceptors (Lipinski definition) is 2. The van der Waals surface area contributed by atoms with Crippen LogP contribution in [0.25, 0.3) is 0 Å². The van der Waals surface area contributed by atoms with Gasteiger partial charge in [0.2, 0.25) is 0 Å². The van der Waals surface area contributed by atoms with Crippen LogP contribution in [0.3, 0.4) is 0 Å². The van der Waals surface area contributed by atoms with Crippen LogP contribution < -0.4 is 10.6 Å². The average molecular weight is 336 g/mol. The number of rotatable bonds is 4. The summed E-state index contributed by atoms with van der Waals surface area (Å²) >= 11 is 3.26. The molecule has 1 aliphatic rings. The van der Waals surface area contributed by atoms with Gasteiger partial charge in [-0.3, -0.25) is 5.41 Å². The first-order valence-corrected chi connectivity index (χ1v) is 6.54. The Bertz CT molecular complexity index is 497. The molecule has 7 heteroatoms. The van der Waals surface area contributed by atoms with Crippen LogP contribution in [0.4, 0.5) is 18.9 Å². The quantitative estimate of drug-likeness (QED) is 0.655. The molecule has 1 aliphatic carbocycles. The lowest BCUT2D eigenvalue weighted by atomic mass is 10.1. The lowest BCUT2D eigenvalue weighted by Crippen LogP contribution is -2.36. The maximum atomic E-state index is 12.6. The Morgan fingerprint density at radius 1 is 1.42 bits per heavy atom. The zero-order valence-corrected chi connectivity index (χ0v) is 11.6. The molecular formula is C12H13BrF3N3. The summed E-state index contributed by atoms with van der Waals surface area (Å²) in [7, 11) is 0. The molecule has 1 fully saturated rings. The average Bonchev–Trinajstić information content (AvgIpc) is 3.08. The van der Waals surface area contributed by atoms with Crippen molar-refractivity contribution >= 4 is 27.5 Å². The van der Waals surface area contributed by atoms with E-state index < -0.39 is 12.7 Å². The van der Waals surface area contributed by atoms with E-state index >= 15 is 0 Å². The lowest BCUT2D eigenvalue weighted by molar-refractivity contribution is -0.120. The molecule has 0 aromatic heterocycles. The first-order chi connectivity index (χ1) is 8.78. The highest BCUT2D eigenvalue weighted by Gasteiger charge is 2.38. The van der Waals surface area contributed by atoms with Gasteiger partial charge in [0.15, 0.2) is 0 Å². The van der Waals surface area contributed by atoms with Crippen molar-refractivity contribution in [1.82, 2.24) is 0 Å². The SMILES string of the molecule is N=C(N)c1ccc(N(CC(F)(F)F)C2CC2)c(Br)c1. The minimum Gasteiger partial charge on any atom is -0.384 e. The molecular weight excluding hydrogens is 323 g/mol. The largest absolute Gasteiger partial charge is 0.405 e. The van der Waals surface area contributed by atoms with Gasteiger partial charge < -0.3 is 10.6 Å². The summed E-state index contributed by atoms with van der Waals surface area (Å²) in [4.78, 5) is 1.36. The van der Waals surface area contributed by atoms with Crippen LogP contribution in [0.15, 0.2) is 22.7 Å². The summed E-state index contributed by atoms with van der Waals surface area (Å²) in [6.07, 6.45) is -2.69. The van der Waals surface area contributed by atoms with Crippen molar-refractivity contribution in [3.05, 3.63) is 28.2 Å². The summed E-state index contributed by atoms with van der Waals surface area (Å²) in [5.74, 6) is -0.110. The molecule has 0 heterocycles. The summed E-state index contributed by atoms with van der Waals surface area (Å²) in [6, 6.07) is 4.66. The zero-order chi connectivity index (χ0) is 14.2. The van der Waals surface area contributed by atoms with E-state index in [2.05, 4.69) is 15.9 Å². The maximum absolute atomic E-state index is 12.6. The van der Waals surface area contributed by atoms with Gasteiger partial charge in [-0.2, -0.15) is 13.2 Å². The van der Waals surface area contributed by atoms with Gasteiger partial charge in [0, 0.05) is 16.1 Å². The molecule has 0 amide bonds. The van der Waals surface area contributed by atoms with Gasteiger partial charge in [0.1, 0.15) is 12.4 Å². The molecule has 104 valence electrons. The van der Waals surface area contributed by atoms with Gasteiger partial charge in [-0.1, -0.05) is 0 Å². The van der Waals surface area contributed by atoms with E-state index in [-0.39, 0.29) is 11.9 Å². The third-order valence-electron chi connectivity index (χ3n) is 2.91. The second kappa shape index (κ2) is 5.03. The summed E-state index contributed by atoms with van der Waals surface area (Å²) in [5, 5.41) is 7.31. The van der Waals surface area contributed by atoms with E-state index in [9.17, 15) is 13.2 Å². The molecule has 2 rings (SSSR count). The van der Waals surface area contributed by atoms with Crippen LogP contribution >= 0.6 is 15.9 Å². The van der Waals surface area contributed by atoms with Crippen molar-refractivity contribution in [3.63, 3.8) is 0 Å². The number of benzene rings is 1. The van der Waals surface area contributed by atoms with Crippen LogP contribution in [-0.4, -0.2) is 24.6 Å². The first kappa shape index (κ1) is 14.2. The minimum atomic E-state index is -4.23. The summed E-state index contributed by atoms with van der Waals surface area (Å²) in [6.45, 7) is -0.963. The molecule has 0 aliphatic heterocycles. The standard InChI is InChI=1S/C12H13BrF3N3/c13-9-5-7(11(17)18)1-4-10(9)19(8-2-3-8)6-12(14,15)16/h1,4-5,8H,2-3,6H2,(H3,17,18). The third-order valence-corrected chi connectivity index (χ3v) is 3.54. The molecule has 1 aromatic carbocycles. The van der Waals surface area contributed by atoms with Crippen LogP contribution in [0.5, 0.6) is 0 Å². The monoisotopic (exact) mass is 335 g/mol. The number of nitrogen functional groups attached to an aromatic ring is 1. The second-order valence-electron chi connectivity index (χ2n) is 4.55. The number of alkyl halides is 3. The Morgan fingerprint density at radius 2 is 2.05 bits per heavy atom. The molecule has 0 spiro atoms. The number of nitrogens with zero attached hydrogens (tertiary/aromatic N) is 1. The van der Waals surface area contributed by atoms with E-state index in [1.165, 1.54) is 4.90 Å². The van der Waals surface area contributed by atoms with Crippen LogP contribution in [0.1, 0.15) is 18.4 Å². The molecule has 0 unspecified atom stereocenters. The normalized spacial score (nSPS) is 15.4. The molecule has 1 saturated carbocycles. The number of amidine groups is 1. The van der Waals surface area contributed by atoms with Gasteiger partial charge >= 0.3 is 6.18 Å². The Morgan fingerprint density at radius 3 is 2.47 bits per heavy atom. The Balaban J connectivity index is 2.29. The predicted octanol–water partition coefficient (Wildman–Crippen LogP) is 3.26. The van der Waals surface area contributed by atoms with E-state index in [0.717, 1.165) is 12.8 Å². The smallest absolute Gasteiger partial charge is 0.384 e. The van der Waals surface area contributed by atoms with Crippen LogP contribution in [-0.2, 0) is 0 Å². The minimum absolute atomic E-state index is 0.0545. The Kier molecular flexibility index (Phi) is 3.75. The summed E-state index contributed by atoms with van der Waals surface area (Å²) in [5.41, 5.74) is 6.33. The Labute approximate surface area is 117 Å². The van der Waals surface area contributed by atoms with Gasteiger partial charge in [0.05, 0.1) is 5.69 Å². The van der Waals surface area contributed by atoms with Crippen molar-refractivity contribution in [2.75, 3.05) is 11.4 Å². The van der Waals surface area contributed by atoms with E-state index in [4.69, 9.17) is 11.1 Å². The van der Waals surface area contributed by atoms with Gasteiger partial charge in [-0.05, 0) is 47.0 Å². The molecule has 1 aromatic rings. The van der Waals surface area contributed by atoms with Gasteiger partial charge in [-0.15, -0.1) is 0 Å². The number of halogens is 4. The number of nitrogens with one attached hydrogen (secondary N) is 1. The fourth-order valence-electron chi connectivity index (χ4n) is 1.90. The third kappa shape index (κ3) is 3.62. The van der Waals surface area contributed by atoms with E-state index in [0.29, 0.717) is 15.7 Å². The molecule has 0 bridgehead atoms. The van der Waals surface area contributed by atoms with Crippen molar-refractivity contribution < 1.29 is 13.2 Å². The van der Waals surface area contributed by atoms with Crippen molar-refractivity contribution in [1.29, 1.82) is 5.41 Å². The van der Waals surface area contributed by atoms with Crippen molar-refractivity contribution in [2.45, 2.75) is 25.1 Å². The molecule has 0 atom stereocenters. The molecule has 3 N–H and O–H groups in total. The fraction of sp³-hybridized carbons (Fsp3) is 0.417. The number of anilines is 1. The topological polar surface area (TPSA) is 53.1 Å². The molecule has 0 radical (unpaired) electrons. The highest BCUT2D eigenvalue weighted by molar-refractivity contribution is 9.10. The highest BCUT2D eigenvalue weighted by Crippen LogP contribution is 2.38. The molecule has 0 saturated heterocycles. The van der Waals surface area contributed by atoms with Crippen LogP contribution in [0, 0.1) is 5.41 Å². The number of hydrogen-bond donors (Lipinski definition) is 2. The van der Waals surface area contributed by atoms with E-state index in [1.54, 1.807) is 18.2 Å². The second-order valence-corrected chi connectivity index (χ2v) is 5.41. The van der Waals surface area contributed by atoms with Gasteiger partial charge in [-0.25, -0.2) is 0 Å². The lowest BCUT2D eigenvalue weighted by Gasteiger charge is -2.27. The highest BCUT2D eigenvalue weighted by atomic mass is 79.9. The summed E-state index contributed by atoms with van der Waals surface area (Å²) < 4.78 is 38.3. The van der Waals surface area contributed by atoms with Gasteiger partial charge in [0.25, 0.3) is 0 Å². The first-order valence-electron chi connectivity index (χ1n) is 5.75. The van der Waals surface area contributed by atoms with Crippen molar-refractivity contribution in [3.8, 4) is 0 Å². The van der Waals surface area contributed by atoms with Crippen LogP contribution in [0.2, 0.25) is 0 Å². The molecule has 3 nitrogen and oxygen atoms in total. The maximum Gasteiger partial charge on any atom is 0.405 e. The van der Waals surface area contributed by atoms with Crippen molar-refractivity contribution in [2.24, 2.45) is 5.73 Å². The van der Waals surface area contributed by atoms with E-state index in [1.807, 2.05) is 0 Å². The fourth-order valence-corrected chi connectivity index (χ4v) is 2.50.